The van der Waals surface area contributed by atoms with Crippen molar-refractivity contribution in [3.63, 3.8) is 0 Å². The normalized spacial score (nSPS) is 11.6. The summed E-state index contributed by atoms with van der Waals surface area (Å²) >= 11 is 0. The van der Waals surface area contributed by atoms with Gasteiger partial charge in [0.05, 0.1) is 5.69 Å². The molecule has 17 heavy (non-hydrogen) atoms. The lowest BCUT2D eigenvalue weighted by Gasteiger charge is -2.04. The van der Waals surface area contributed by atoms with Crippen molar-refractivity contribution in [3.05, 3.63) is 65.2 Å². The molecule has 0 aliphatic rings. The third kappa shape index (κ3) is 2.82. The fraction of sp³-hybridized carbons (Fsp3) is 0.188. The molecule has 2 aromatic rings. The minimum Gasteiger partial charge on any atom is -0.253 e. The van der Waals surface area contributed by atoms with Gasteiger partial charge < -0.3 is 0 Å². The van der Waals surface area contributed by atoms with Gasteiger partial charge in [0.2, 0.25) is 0 Å². The zero-order valence-electron chi connectivity index (χ0n) is 10.6. The molecule has 0 N–H and O–H groups in total. The molecule has 0 spiro atoms. The molecule has 1 heteroatoms. The fourth-order valence-electron chi connectivity index (χ4n) is 1.76. The molecule has 0 bridgehead atoms. The van der Waals surface area contributed by atoms with Gasteiger partial charge in [0.15, 0.2) is 0 Å². The van der Waals surface area contributed by atoms with Crippen molar-refractivity contribution in [1.29, 1.82) is 0 Å². The molecule has 2 aromatic carbocycles. The first-order chi connectivity index (χ1) is 8.16. The van der Waals surface area contributed by atoms with Crippen LogP contribution in [0.2, 0.25) is 0 Å². The molecule has 2 rings (SSSR count). The highest BCUT2D eigenvalue weighted by molar-refractivity contribution is 6.00. The quantitative estimate of drug-likeness (QED) is 0.667. The number of aliphatic imine (C=N–C) groups is 1. The monoisotopic (exact) mass is 223 g/mol. The van der Waals surface area contributed by atoms with Crippen LogP contribution in [0, 0.1) is 13.8 Å². The second kappa shape index (κ2) is 4.96. The van der Waals surface area contributed by atoms with Crippen molar-refractivity contribution in [2.75, 3.05) is 0 Å². The smallest absolute Gasteiger partial charge is 0.0664 e. The van der Waals surface area contributed by atoms with Crippen molar-refractivity contribution in [2.45, 2.75) is 20.8 Å². The van der Waals surface area contributed by atoms with Gasteiger partial charge in [-0.1, -0.05) is 42.5 Å². The molecule has 0 aliphatic carbocycles. The Hall–Kier alpha value is -1.89. The zero-order valence-corrected chi connectivity index (χ0v) is 10.6. The highest BCUT2D eigenvalue weighted by atomic mass is 14.7. The van der Waals surface area contributed by atoms with E-state index in [0.29, 0.717) is 0 Å². The molecule has 0 heterocycles. The van der Waals surface area contributed by atoms with Gasteiger partial charge in [0.1, 0.15) is 0 Å². The van der Waals surface area contributed by atoms with E-state index in [1.807, 2.05) is 18.2 Å². The molecule has 0 aliphatic heterocycles. The molecule has 86 valence electrons. The summed E-state index contributed by atoms with van der Waals surface area (Å²) in [5, 5.41) is 0. The lowest BCUT2D eigenvalue weighted by molar-refractivity contribution is 1.34. The molecule has 0 atom stereocenters. The molecule has 0 amide bonds. The molecular weight excluding hydrogens is 206 g/mol. The molecule has 0 radical (unpaired) electrons. The third-order valence-corrected chi connectivity index (χ3v) is 2.84. The number of hydrogen-bond acceptors (Lipinski definition) is 1. The number of nitrogens with zero attached hydrogens (tertiary/aromatic N) is 1. The largest absolute Gasteiger partial charge is 0.253 e. The maximum absolute atomic E-state index is 4.71. The first-order valence-electron chi connectivity index (χ1n) is 5.85. The van der Waals surface area contributed by atoms with Gasteiger partial charge in [-0.05, 0) is 43.5 Å². The van der Waals surface area contributed by atoms with Crippen LogP contribution in [0.3, 0.4) is 0 Å². The summed E-state index contributed by atoms with van der Waals surface area (Å²) in [6.07, 6.45) is 0. The first-order valence-corrected chi connectivity index (χ1v) is 5.85. The molecule has 1 nitrogen and oxygen atoms in total. The van der Waals surface area contributed by atoms with Gasteiger partial charge in [-0.15, -0.1) is 0 Å². The van der Waals surface area contributed by atoms with Crippen molar-refractivity contribution in [3.8, 4) is 0 Å². The van der Waals surface area contributed by atoms with E-state index >= 15 is 0 Å². The molecule has 0 unspecified atom stereocenters. The van der Waals surface area contributed by atoms with Crippen LogP contribution in [0.1, 0.15) is 23.6 Å². The number of benzene rings is 2. The van der Waals surface area contributed by atoms with Crippen LogP contribution in [0.25, 0.3) is 0 Å². The molecule has 0 aromatic heterocycles. The van der Waals surface area contributed by atoms with Crippen LogP contribution in [0.4, 0.5) is 5.69 Å². The average molecular weight is 223 g/mol. The first kappa shape index (κ1) is 11.6. The fourth-order valence-corrected chi connectivity index (χ4v) is 1.76. The Bertz CT molecular complexity index is 539. The summed E-state index contributed by atoms with van der Waals surface area (Å²) < 4.78 is 0. The predicted octanol–water partition coefficient (Wildman–Crippen LogP) is 4.44. The average Bonchev–Trinajstić information content (AvgIpc) is 2.35. The summed E-state index contributed by atoms with van der Waals surface area (Å²) in [5.74, 6) is 0. The van der Waals surface area contributed by atoms with Crippen LogP contribution >= 0.6 is 0 Å². The Kier molecular flexibility index (Phi) is 3.38. The summed E-state index contributed by atoms with van der Waals surface area (Å²) in [6.45, 7) is 6.24. The maximum atomic E-state index is 4.71. The Labute approximate surface area is 103 Å². The highest BCUT2D eigenvalue weighted by Gasteiger charge is 1.99. The summed E-state index contributed by atoms with van der Waals surface area (Å²) in [5.41, 5.74) is 5.75. The van der Waals surface area contributed by atoms with E-state index in [-0.39, 0.29) is 0 Å². The second-order valence-corrected chi connectivity index (χ2v) is 4.35. The molecular formula is C16H17N. The standard InChI is InChI=1S/C16H17N/c1-12-9-10-13(2)16(11-12)17-14(3)15-7-5-4-6-8-15/h4-11H,1-3H3. The van der Waals surface area contributed by atoms with E-state index in [1.165, 1.54) is 16.7 Å². The predicted molar refractivity (Wildman–Crippen MR) is 74.2 cm³/mol. The van der Waals surface area contributed by atoms with Crippen LogP contribution in [-0.4, -0.2) is 5.71 Å². The van der Waals surface area contributed by atoms with E-state index in [2.05, 4.69) is 51.1 Å². The summed E-state index contributed by atoms with van der Waals surface area (Å²) in [6, 6.07) is 16.6. The third-order valence-electron chi connectivity index (χ3n) is 2.84. The van der Waals surface area contributed by atoms with Gasteiger partial charge in [-0.2, -0.15) is 0 Å². The number of hydrogen-bond donors (Lipinski definition) is 0. The molecule has 0 saturated carbocycles. The van der Waals surface area contributed by atoms with Crippen LogP contribution in [-0.2, 0) is 0 Å². The summed E-state index contributed by atoms with van der Waals surface area (Å²) in [4.78, 5) is 4.71. The Balaban J connectivity index is 2.39. The van der Waals surface area contributed by atoms with Crippen molar-refractivity contribution in [2.24, 2.45) is 4.99 Å². The second-order valence-electron chi connectivity index (χ2n) is 4.35. The van der Waals surface area contributed by atoms with Gasteiger partial charge in [-0.25, -0.2) is 0 Å². The lowest BCUT2D eigenvalue weighted by atomic mass is 10.1. The Morgan fingerprint density at radius 1 is 0.941 bits per heavy atom. The maximum Gasteiger partial charge on any atom is 0.0664 e. The highest BCUT2D eigenvalue weighted by Crippen LogP contribution is 2.21. The molecule has 0 saturated heterocycles. The topological polar surface area (TPSA) is 12.4 Å². The van der Waals surface area contributed by atoms with Crippen LogP contribution in [0.5, 0.6) is 0 Å². The van der Waals surface area contributed by atoms with Gasteiger partial charge in [0.25, 0.3) is 0 Å². The Morgan fingerprint density at radius 3 is 2.35 bits per heavy atom. The van der Waals surface area contributed by atoms with Crippen LogP contribution < -0.4 is 0 Å². The van der Waals surface area contributed by atoms with E-state index < -0.39 is 0 Å². The van der Waals surface area contributed by atoms with Crippen molar-refractivity contribution < 1.29 is 0 Å². The van der Waals surface area contributed by atoms with E-state index in [1.54, 1.807) is 0 Å². The SMILES string of the molecule is CC(=Nc1cc(C)ccc1C)c1ccccc1. The van der Waals surface area contributed by atoms with Crippen molar-refractivity contribution in [1.82, 2.24) is 0 Å². The van der Waals surface area contributed by atoms with Gasteiger partial charge in [0, 0.05) is 5.71 Å². The zero-order chi connectivity index (χ0) is 12.3. The Morgan fingerprint density at radius 2 is 1.65 bits per heavy atom. The van der Waals surface area contributed by atoms with E-state index in [0.717, 1.165) is 11.4 Å². The number of aryl methyl sites for hydroxylation is 2. The minimum atomic E-state index is 1.05. The summed E-state index contributed by atoms with van der Waals surface area (Å²) in [7, 11) is 0. The van der Waals surface area contributed by atoms with E-state index in [9.17, 15) is 0 Å². The van der Waals surface area contributed by atoms with Crippen molar-refractivity contribution >= 4 is 11.4 Å². The molecule has 0 fully saturated rings. The lowest BCUT2D eigenvalue weighted by Crippen LogP contribution is -1.93. The van der Waals surface area contributed by atoms with Gasteiger partial charge in [-0.3, -0.25) is 4.99 Å². The number of rotatable bonds is 2. The van der Waals surface area contributed by atoms with E-state index in [4.69, 9.17) is 4.99 Å². The van der Waals surface area contributed by atoms with Gasteiger partial charge >= 0.3 is 0 Å². The van der Waals surface area contributed by atoms with Crippen LogP contribution in [0.15, 0.2) is 53.5 Å². The minimum absolute atomic E-state index is 1.05.